The molecule has 1 aliphatic rings. The number of rotatable bonds is 4. The van der Waals surface area contributed by atoms with Gasteiger partial charge in [0.25, 0.3) is 0 Å². The van der Waals surface area contributed by atoms with Crippen LogP contribution in [-0.2, 0) is 16.1 Å². The Kier molecular flexibility index (Phi) is 13.0. The normalized spacial score (nSPS) is 18.5. The van der Waals surface area contributed by atoms with Crippen molar-refractivity contribution >= 4 is 33.0 Å². The van der Waals surface area contributed by atoms with Gasteiger partial charge in [-0.25, -0.2) is 14.7 Å². The predicted octanol–water partition coefficient (Wildman–Crippen LogP) is 0.793. The van der Waals surface area contributed by atoms with Crippen LogP contribution in [0.5, 0.6) is 0 Å². The summed E-state index contributed by atoms with van der Waals surface area (Å²) in [6.07, 6.45) is 2.47. The summed E-state index contributed by atoms with van der Waals surface area (Å²) in [7, 11) is 1.79. The molecule has 23 heavy (non-hydrogen) atoms. The molecule has 1 aromatic rings. The van der Waals surface area contributed by atoms with E-state index in [1.54, 1.807) is 12.1 Å². The van der Waals surface area contributed by atoms with E-state index in [1.165, 1.54) is 11.6 Å². The zero-order valence-corrected chi connectivity index (χ0v) is 14.7. The third kappa shape index (κ3) is 7.84. The van der Waals surface area contributed by atoms with Crippen LogP contribution in [0.1, 0.15) is 17.2 Å². The fraction of sp³-hybridized carbons (Fsp3) is 0.357. The lowest BCUT2D eigenvalue weighted by Crippen LogP contribution is -2.40. The summed E-state index contributed by atoms with van der Waals surface area (Å²) in [6, 6.07) is 7.97. The molecule has 1 aromatic carbocycles. The van der Waals surface area contributed by atoms with E-state index in [-0.39, 0.29) is 39.6 Å². The molecule has 7 nitrogen and oxygen atoms in total. The van der Waals surface area contributed by atoms with Crippen LogP contribution in [0.15, 0.2) is 36.4 Å². The minimum Gasteiger partial charge on any atom is -0.478 e. The zero-order chi connectivity index (χ0) is 15.8. The second-order valence-electron chi connectivity index (χ2n) is 4.62. The van der Waals surface area contributed by atoms with Crippen LogP contribution >= 0.6 is 27.0 Å². The van der Waals surface area contributed by atoms with Crippen LogP contribution in [0.25, 0.3) is 0 Å². The lowest BCUT2D eigenvalue weighted by atomic mass is 10.1. The lowest BCUT2D eigenvalue weighted by molar-refractivity contribution is -0.231. The first-order valence-electron chi connectivity index (χ1n) is 6.36. The molecule has 0 saturated heterocycles. The Labute approximate surface area is 149 Å². The Hall–Kier alpha value is -1.07. The van der Waals surface area contributed by atoms with E-state index in [4.69, 9.17) is 16.2 Å². The summed E-state index contributed by atoms with van der Waals surface area (Å²) in [5.41, 5.74) is 2.22. The van der Waals surface area contributed by atoms with Crippen molar-refractivity contribution in [2.24, 2.45) is 5.84 Å². The Balaban J connectivity index is 0. The molecule has 0 spiro atoms. The van der Waals surface area contributed by atoms with Gasteiger partial charge in [-0.2, -0.15) is 27.0 Å². The fourth-order valence-electron chi connectivity index (χ4n) is 2.11. The monoisotopic (exact) mass is 364 g/mol. The average molecular weight is 364 g/mol. The number of fused-ring (bicyclic) bond motifs is 1. The maximum atomic E-state index is 9.89. The van der Waals surface area contributed by atoms with Crippen LogP contribution in [0.4, 0.5) is 0 Å². The van der Waals surface area contributed by atoms with Gasteiger partial charge in [-0.15, -0.1) is 0 Å². The molecule has 1 aliphatic carbocycles. The number of carboxylic acid groups (broad SMARTS) is 1. The Bertz CT molecular complexity index is 500. The van der Waals surface area contributed by atoms with Crippen molar-refractivity contribution in [3.8, 4) is 0 Å². The van der Waals surface area contributed by atoms with Gasteiger partial charge < -0.3 is 10.2 Å². The molecule has 0 saturated carbocycles. The molecule has 132 valence electrons. The van der Waals surface area contributed by atoms with Gasteiger partial charge in [0, 0.05) is 13.1 Å². The van der Waals surface area contributed by atoms with Crippen LogP contribution in [0.2, 0.25) is 0 Å². The molecule has 0 aliphatic heterocycles. The molecule has 2 unspecified atom stereocenters. The number of aliphatic hydroxyl groups is 1. The van der Waals surface area contributed by atoms with Crippen molar-refractivity contribution in [2.75, 3.05) is 13.7 Å². The summed E-state index contributed by atoms with van der Waals surface area (Å²) in [6.45, 7) is -0.0910. The number of aliphatic carboxylic acids is 1. The van der Waals surface area contributed by atoms with Crippen molar-refractivity contribution in [1.82, 2.24) is 5.01 Å². The highest BCUT2D eigenvalue weighted by Gasteiger charge is 2.32. The SMILES string of the molecule is CN(N)C1Cc2ccccc2C1O.O=C(O)/C=C/COO.S.S. The molecule has 9 heteroatoms. The number of carbonyl (C=O) groups is 1. The van der Waals surface area contributed by atoms with Crippen molar-refractivity contribution < 1.29 is 25.2 Å². The number of likely N-dealkylation sites (N-methyl/N-ethyl adjacent to an activating group) is 1. The molecule has 2 atom stereocenters. The second-order valence-corrected chi connectivity index (χ2v) is 4.62. The topological polar surface area (TPSA) is 116 Å². The average Bonchev–Trinajstić information content (AvgIpc) is 2.78. The predicted molar refractivity (Wildman–Crippen MR) is 97.0 cm³/mol. The maximum absolute atomic E-state index is 9.89. The van der Waals surface area contributed by atoms with Gasteiger partial charge >= 0.3 is 5.97 Å². The highest BCUT2D eigenvalue weighted by molar-refractivity contribution is 7.59. The highest BCUT2D eigenvalue weighted by Crippen LogP contribution is 2.32. The number of benzene rings is 1. The smallest absolute Gasteiger partial charge is 0.328 e. The molecule has 0 bridgehead atoms. The van der Waals surface area contributed by atoms with E-state index >= 15 is 0 Å². The molecule has 2 rings (SSSR count). The minimum absolute atomic E-state index is 0. The van der Waals surface area contributed by atoms with E-state index in [9.17, 15) is 9.90 Å². The van der Waals surface area contributed by atoms with Crippen molar-refractivity contribution in [3.63, 3.8) is 0 Å². The molecule has 0 aromatic heterocycles. The minimum atomic E-state index is -1.05. The van der Waals surface area contributed by atoms with Crippen molar-refractivity contribution in [2.45, 2.75) is 18.6 Å². The Morgan fingerprint density at radius 1 is 1.43 bits per heavy atom. The number of hydrogen-bond donors (Lipinski definition) is 4. The summed E-state index contributed by atoms with van der Waals surface area (Å²) in [5.74, 6) is 4.59. The second kappa shape index (κ2) is 12.4. The van der Waals surface area contributed by atoms with E-state index in [2.05, 4.69) is 4.89 Å². The van der Waals surface area contributed by atoms with Crippen LogP contribution in [0, 0.1) is 0 Å². The maximum Gasteiger partial charge on any atom is 0.328 e. The highest BCUT2D eigenvalue weighted by atomic mass is 32.1. The first-order chi connectivity index (χ1) is 9.97. The van der Waals surface area contributed by atoms with Gasteiger partial charge in [0.05, 0.1) is 12.1 Å². The third-order valence-corrected chi connectivity index (χ3v) is 3.12. The number of nitrogens with two attached hydrogens (primary N) is 1. The molecule has 0 fully saturated rings. The molecular weight excluding hydrogens is 340 g/mol. The number of carboxylic acids is 1. The molecular formula is C14H24N2O5S2. The fourth-order valence-corrected chi connectivity index (χ4v) is 2.11. The summed E-state index contributed by atoms with van der Waals surface area (Å²) in [4.78, 5) is 13.2. The molecule has 0 heterocycles. The Morgan fingerprint density at radius 3 is 2.52 bits per heavy atom. The standard InChI is InChI=1S/C10H14N2O.C4H6O4.2H2S/c1-12(11)9-6-7-4-2-3-5-8(7)10(9)13;5-4(6)2-1-3-8-7;;/h2-5,9-10,13H,6,11H2,1H3;1-2,7H,3H2,(H,5,6);2*1H2/b;2-1+;;. The van der Waals surface area contributed by atoms with E-state index in [0.717, 1.165) is 18.1 Å². The lowest BCUT2D eigenvalue weighted by Gasteiger charge is -2.21. The van der Waals surface area contributed by atoms with Gasteiger partial charge in [0.15, 0.2) is 0 Å². The van der Waals surface area contributed by atoms with E-state index in [0.29, 0.717) is 0 Å². The summed E-state index contributed by atoms with van der Waals surface area (Å²) in [5, 5.41) is 27.0. The van der Waals surface area contributed by atoms with Gasteiger partial charge in [-0.3, -0.25) is 11.1 Å². The largest absolute Gasteiger partial charge is 0.478 e. The van der Waals surface area contributed by atoms with Gasteiger partial charge in [0.2, 0.25) is 0 Å². The van der Waals surface area contributed by atoms with Gasteiger partial charge in [0.1, 0.15) is 6.61 Å². The van der Waals surface area contributed by atoms with Crippen LogP contribution < -0.4 is 5.84 Å². The van der Waals surface area contributed by atoms with Crippen LogP contribution in [0.3, 0.4) is 0 Å². The quantitative estimate of drug-likeness (QED) is 0.270. The van der Waals surface area contributed by atoms with Gasteiger partial charge in [-0.05, 0) is 23.6 Å². The number of hydrogen-bond acceptors (Lipinski definition) is 6. The molecule has 0 amide bonds. The first-order valence-corrected chi connectivity index (χ1v) is 6.36. The van der Waals surface area contributed by atoms with Gasteiger partial charge in [-0.1, -0.05) is 24.3 Å². The Morgan fingerprint density at radius 2 is 2.04 bits per heavy atom. The molecule has 5 N–H and O–H groups in total. The number of aliphatic hydroxyl groups excluding tert-OH is 1. The van der Waals surface area contributed by atoms with E-state index in [1.807, 2.05) is 24.3 Å². The van der Waals surface area contributed by atoms with Crippen molar-refractivity contribution in [1.29, 1.82) is 0 Å². The van der Waals surface area contributed by atoms with Crippen LogP contribution in [-0.4, -0.2) is 46.1 Å². The number of hydrazine groups is 1. The number of nitrogens with zero attached hydrogens (tertiary/aromatic N) is 1. The zero-order valence-electron chi connectivity index (χ0n) is 12.7. The third-order valence-electron chi connectivity index (χ3n) is 3.12. The first kappa shape index (κ1) is 24.2. The van der Waals surface area contributed by atoms with Crippen molar-refractivity contribution in [3.05, 3.63) is 47.5 Å². The van der Waals surface area contributed by atoms with E-state index < -0.39 is 12.1 Å². The molecule has 0 radical (unpaired) electrons. The summed E-state index contributed by atoms with van der Waals surface area (Å²) >= 11 is 0. The summed E-state index contributed by atoms with van der Waals surface area (Å²) < 4.78 is 0.